The molecule has 0 bridgehead atoms. The van der Waals surface area contributed by atoms with E-state index in [9.17, 15) is 0 Å². The fourth-order valence-corrected chi connectivity index (χ4v) is 0.716. The SMILES string of the molecule is CC(C)(CCN)C(N)(Cl)Cl.[Pt]. The van der Waals surface area contributed by atoms with E-state index in [4.69, 9.17) is 34.7 Å². The first-order valence-corrected chi connectivity index (χ1v) is 3.93. The molecule has 0 amide bonds. The van der Waals surface area contributed by atoms with Gasteiger partial charge in [-0.25, -0.2) is 0 Å². The molecule has 0 fully saturated rings. The van der Waals surface area contributed by atoms with Gasteiger partial charge in [0.2, 0.25) is 0 Å². The predicted molar refractivity (Wildman–Crippen MR) is 46.1 cm³/mol. The summed E-state index contributed by atoms with van der Waals surface area (Å²) in [5.74, 6) is 0. The molecular weight excluding hydrogens is 366 g/mol. The fraction of sp³-hybridized carbons (Fsp3) is 1.00. The summed E-state index contributed by atoms with van der Waals surface area (Å²) < 4.78 is -1.19. The summed E-state index contributed by atoms with van der Waals surface area (Å²) in [5, 5.41) is 0. The Labute approximate surface area is 92.2 Å². The van der Waals surface area contributed by atoms with Gasteiger partial charge in [-0.05, 0) is 13.0 Å². The van der Waals surface area contributed by atoms with E-state index < -0.39 is 4.46 Å². The van der Waals surface area contributed by atoms with E-state index in [-0.39, 0.29) is 26.5 Å². The molecule has 72 valence electrons. The van der Waals surface area contributed by atoms with Crippen molar-refractivity contribution in [3.8, 4) is 0 Å². The van der Waals surface area contributed by atoms with Crippen molar-refractivity contribution < 1.29 is 21.1 Å². The van der Waals surface area contributed by atoms with Gasteiger partial charge in [0.25, 0.3) is 0 Å². The van der Waals surface area contributed by atoms with Gasteiger partial charge in [-0.15, -0.1) is 0 Å². The van der Waals surface area contributed by atoms with Crippen LogP contribution in [0.4, 0.5) is 0 Å². The van der Waals surface area contributed by atoms with Crippen LogP contribution < -0.4 is 11.5 Å². The average molecular weight is 380 g/mol. The van der Waals surface area contributed by atoms with Crippen molar-refractivity contribution >= 4 is 23.2 Å². The third-order valence-corrected chi connectivity index (χ3v) is 2.69. The van der Waals surface area contributed by atoms with Crippen LogP contribution in [0, 0.1) is 5.41 Å². The van der Waals surface area contributed by atoms with Crippen LogP contribution in [0.2, 0.25) is 0 Å². The summed E-state index contributed by atoms with van der Waals surface area (Å²) in [7, 11) is 0. The molecule has 2 nitrogen and oxygen atoms in total. The molecule has 0 aliphatic heterocycles. The molecule has 0 radical (unpaired) electrons. The molecule has 0 saturated heterocycles. The number of rotatable bonds is 3. The molecule has 0 unspecified atom stereocenters. The van der Waals surface area contributed by atoms with Crippen LogP contribution in [0.3, 0.4) is 0 Å². The minimum Gasteiger partial charge on any atom is -0.330 e. The maximum Gasteiger partial charge on any atom is 0.171 e. The average Bonchev–Trinajstić information content (AvgIpc) is 1.61. The van der Waals surface area contributed by atoms with Gasteiger partial charge in [-0.2, -0.15) is 0 Å². The van der Waals surface area contributed by atoms with E-state index >= 15 is 0 Å². The summed E-state index contributed by atoms with van der Waals surface area (Å²) in [4.78, 5) is 0. The Hall–Kier alpha value is 1.19. The summed E-state index contributed by atoms with van der Waals surface area (Å²) >= 11 is 11.4. The molecule has 5 heteroatoms. The van der Waals surface area contributed by atoms with Crippen LogP contribution in [0.25, 0.3) is 0 Å². The normalized spacial score (nSPS) is 12.5. The molecule has 0 heterocycles. The van der Waals surface area contributed by atoms with E-state index in [0.717, 1.165) is 6.42 Å². The van der Waals surface area contributed by atoms with Gasteiger partial charge in [0, 0.05) is 26.5 Å². The molecule has 0 aliphatic carbocycles. The van der Waals surface area contributed by atoms with E-state index in [1.807, 2.05) is 13.8 Å². The molecule has 0 rings (SSSR count). The van der Waals surface area contributed by atoms with E-state index in [1.165, 1.54) is 0 Å². The molecule has 0 aromatic heterocycles. The van der Waals surface area contributed by atoms with Gasteiger partial charge in [0.15, 0.2) is 4.46 Å². The van der Waals surface area contributed by atoms with E-state index in [0.29, 0.717) is 6.54 Å². The summed E-state index contributed by atoms with van der Waals surface area (Å²) in [6, 6.07) is 0. The molecule has 4 N–H and O–H groups in total. The Bertz CT molecular complexity index is 112. The minimum atomic E-state index is -1.19. The van der Waals surface area contributed by atoms with Gasteiger partial charge in [-0.3, -0.25) is 5.73 Å². The monoisotopic (exact) mass is 379 g/mol. The van der Waals surface area contributed by atoms with Gasteiger partial charge in [0.1, 0.15) is 0 Å². The summed E-state index contributed by atoms with van der Waals surface area (Å²) in [6.07, 6.45) is 0.719. The molecular formula is C6H14Cl2N2Pt. The maximum absolute atomic E-state index is 5.69. The first-order chi connectivity index (χ1) is 4.31. The second kappa shape index (κ2) is 5.03. The molecule has 0 aromatic carbocycles. The van der Waals surface area contributed by atoms with E-state index in [2.05, 4.69) is 0 Å². The third-order valence-electron chi connectivity index (χ3n) is 1.67. The van der Waals surface area contributed by atoms with Crippen molar-refractivity contribution in [3.05, 3.63) is 0 Å². The standard InChI is InChI=1S/C6H14Cl2N2.Pt/c1-5(2,3-4-9)6(7,8)10;/h3-4,9-10H2,1-2H3;. The molecule has 0 spiro atoms. The zero-order valence-corrected chi connectivity index (χ0v) is 10.4. The van der Waals surface area contributed by atoms with Crippen molar-refractivity contribution in [1.82, 2.24) is 0 Å². The Morgan fingerprint density at radius 2 is 1.64 bits per heavy atom. The Balaban J connectivity index is 0. The van der Waals surface area contributed by atoms with Crippen LogP contribution >= 0.6 is 23.2 Å². The third kappa shape index (κ3) is 4.69. The van der Waals surface area contributed by atoms with Crippen LogP contribution in [-0.2, 0) is 21.1 Å². The zero-order valence-electron chi connectivity index (χ0n) is 6.64. The second-order valence-corrected chi connectivity index (χ2v) is 4.43. The Morgan fingerprint density at radius 3 is 1.73 bits per heavy atom. The number of alkyl halides is 2. The number of nitrogens with two attached hydrogens (primary N) is 2. The van der Waals surface area contributed by atoms with Crippen molar-refractivity contribution in [1.29, 1.82) is 0 Å². The zero-order chi connectivity index (χ0) is 8.41. The largest absolute Gasteiger partial charge is 0.330 e. The van der Waals surface area contributed by atoms with Crippen LogP contribution in [0.1, 0.15) is 20.3 Å². The van der Waals surface area contributed by atoms with E-state index in [1.54, 1.807) is 0 Å². The van der Waals surface area contributed by atoms with Gasteiger partial charge >= 0.3 is 0 Å². The second-order valence-electron chi connectivity index (χ2n) is 3.05. The van der Waals surface area contributed by atoms with Crippen molar-refractivity contribution in [2.75, 3.05) is 6.54 Å². The number of halogens is 2. The molecule has 11 heavy (non-hydrogen) atoms. The number of hydrogen-bond donors (Lipinski definition) is 2. The smallest absolute Gasteiger partial charge is 0.171 e. The van der Waals surface area contributed by atoms with Crippen molar-refractivity contribution in [2.24, 2.45) is 16.9 Å². The maximum atomic E-state index is 5.69. The molecule has 0 aliphatic rings. The summed E-state index contributed by atoms with van der Waals surface area (Å²) in [6.45, 7) is 4.32. The Morgan fingerprint density at radius 1 is 1.27 bits per heavy atom. The van der Waals surface area contributed by atoms with Crippen LogP contribution in [-0.4, -0.2) is 11.0 Å². The van der Waals surface area contributed by atoms with Gasteiger partial charge in [-0.1, -0.05) is 37.0 Å². The number of hydrogen-bond acceptors (Lipinski definition) is 2. The van der Waals surface area contributed by atoms with Crippen molar-refractivity contribution in [3.63, 3.8) is 0 Å². The van der Waals surface area contributed by atoms with Gasteiger partial charge < -0.3 is 5.73 Å². The fourth-order valence-electron chi connectivity index (χ4n) is 0.528. The quantitative estimate of drug-likeness (QED) is 0.576. The van der Waals surface area contributed by atoms with Crippen molar-refractivity contribution in [2.45, 2.75) is 24.7 Å². The summed E-state index contributed by atoms with van der Waals surface area (Å²) in [5.41, 5.74) is 10.5. The molecule has 0 atom stereocenters. The first-order valence-electron chi connectivity index (χ1n) is 3.18. The van der Waals surface area contributed by atoms with Gasteiger partial charge in [0.05, 0.1) is 0 Å². The topological polar surface area (TPSA) is 52.0 Å². The van der Waals surface area contributed by atoms with Crippen LogP contribution in [0.15, 0.2) is 0 Å². The Kier molecular flexibility index (Phi) is 6.73. The minimum absolute atomic E-state index is 0. The molecule has 0 aromatic rings. The first kappa shape index (κ1) is 14.7. The van der Waals surface area contributed by atoms with Crippen LogP contribution in [0.5, 0.6) is 0 Å². The molecule has 0 saturated carbocycles. The predicted octanol–water partition coefficient (Wildman–Crippen LogP) is 1.45.